The fraction of sp³-hybridized carbons (Fsp3) is 0.400. The van der Waals surface area contributed by atoms with Gasteiger partial charge in [0.05, 0.1) is 4.90 Å². The molecule has 1 aromatic carbocycles. The molecule has 0 bridgehead atoms. The Labute approximate surface area is 155 Å². The van der Waals surface area contributed by atoms with Crippen molar-refractivity contribution in [3.8, 4) is 0 Å². The van der Waals surface area contributed by atoms with Crippen LogP contribution in [0.15, 0.2) is 29.2 Å². The second-order valence-electron chi connectivity index (χ2n) is 5.75. The van der Waals surface area contributed by atoms with Crippen LogP contribution < -0.4 is 10.0 Å². The molecule has 0 aliphatic carbocycles. The summed E-state index contributed by atoms with van der Waals surface area (Å²) in [4.78, 5) is 12.0. The van der Waals surface area contributed by atoms with Gasteiger partial charge in [0.25, 0.3) is 0 Å². The molecule has 0 aliphatic rings. The first-order valence-electron chi connectivity index (χ1n) is 7.64. The fourth-order valence-corrected chi connectivity index (χ4v) is 4.04. The first-order valence-corrected chi connectivity index (χ1v) is 10.3. The van der Waals surface area contributed by atoms with E-state index in [1.807, 2.05) is 0 Å². The number of hydrogen-bond acceptors (Lipinski definition) is 6. The van der Waals surface area contributed by atoms with E-state index in [0.29, 0.717) is 16.1 Å². The Hall–Kier alpha value is -1.55. The first kappa shape index (κ1) is 19.8. The molecule has 7 nitrogen and oxygen atoms in total. The Morgan fingerprint density at radius 3 is 2.56 bits per heavy atom. The highest BCUT2D eigenvalue weighted by Crippen LogP contribution is 2.18. The molecule has 2 aromatic rings. The van der Waals surface area contributed by atoms with Crippen LogP contribution in [0, 0.1) is 5.92 Å². The van der Waals surface area contributed by atoms with E-state index in [9.17, 15) is 13.2 Å². The lowest BCUT2D eigenvalue weighted by Crippen LogP contribution is -2.27. The van der Waals surface area contributed by atoms with Crippen LogP contribution in [0.2, 0.25) is 5.02 Å². The predicted octanol–water partition coefficient (Wildman–Crippen LogP) is 2.70. The van der Waals surface area contributed by atoms with Crippen molar-refractivity contribution in [3.05, 3.63) is 34.3 Å². The lowest BCUT2D eigenvalue weighted by atomic mass is 10.1. The molecule has 1 heterocycles. The van der Waals surface area contributed by atoms with Crippen LogP contribution in [0.3, 0.4) is 0 Å². The Kier molecular flexibility index (Phi) is 6.88. The third-order valence-corrected chi connectivity index (χ3v) is 5.65. The van der Waals surface area contributed by atoms with E-state index in [4.69, 9.17) is 11.6 Å². The van der Waals surface area contributed by atoms with Gasteiger partial charge in [0.1, 0.15) is 5.01 Å². The first-order chi connectivity index (χ1) is 11.8. The van der Waals surface area contributed by atoms with Gasteiger partial charge in [-0.1, -0.05) is 36.8 Å². The number of amides is 1. The summed E-state index contributed by atoms with van der Waals surface area (Å²) in [6.45, 7) is 4.13. The Bertz CT molecular complexity index is 820. The topological polar surface area (TPSA) is 101 Å². The van der Waals surface area contributed by atoms with Gasteiger partial charge in [0, 0.05) is 24.4 Å². The average Bonchev–Trinajstić information content (AvgIpc) is 2.93. The van der Waals surface area contributed by atoms with Gasteiger partial charge < -0.3 is 5.32 Å². The summed E-state index contributed by atoms with van der Waals surface area (Å²) in [5, 5.41) is 12.3. The quantitative estimate of drug-likeness (QED) is 0.706. The van der Waals surface area contributed by atoms with E-state index >= 15 is 0 Å². The van der Waals surface area contributed by atoms with Crippen molar-refractivity contribution in [2.24, 2.45) is 5.92 Å². The van der Waals surface area contributed by atoms with Crippen molar-refractivity contribution >= 4 is 44.0 Å². The highest BCUT2D eigenvalue weighted by atomic mass is 35.5. The summed E-state index contributed by atoms with van der Waals surface area (Å²) in [6.07, 6.45) is 0.792. The molecule has 0 saturated carbocycles. The standard InChI is InChI=1S/C15H19ClN4O3S2/c1-10(2)9-14-19-20-15(24-14)18-13(21)7-8-17-25(22,23)12-5-3-11(16)4-6-12/h3-6,10,17H,7-9H2,1-2H3,(H,18,20,21). The largest absolute Gasteiger partial charge is 0.300 e. The monoisotopic (exact) mass is 402 g/mol. The minimum absolute atomic E-state index is 0.00802. The lowest BCUT2D eigenvalue weighted by Gasteiger charge is -2.06. The van der Waals surface area contributed by atoms with Crippen molar-refractivity contribution in [3.63, 3.8) is 0 Å². The van der Waals surface area contributed by atoms with Crippen LogP contribution in [0.5, 0.6) is 0 Å². The SMILES string of the molecule is CC(C)Cc1nnc(NC(=O)CCNS(=O)(=O)c2ccc(Cl)cc2)s1. The Balaban J connectivity index is 1.81. The van der Waals surface area contributed by atoms with Crippen LogP contribution in [-0.2, 0) is 21.2 Å². The van der Waals surface area contributed by atoms with Crippen molar-refractivity contribution in [1.82, 2.24) is 14.9 Å². The second-order valence-corrected chi connectivity index (χ2v) is 9.01. The fourth-order valence-electron chi connectivity index (χ4n) is 1.91. The Morgan fingerprint density at radius 2 is 1.92 bits per heavy atom. The van der Waals surface area contributed by atoms with Gasteiger partial charge in [0.15, 0.2) is 0 Å². The molecule has 2 N–H and O–H groups in total. The zero-order valence-electron chi connectivity index (χ0n) is 13.8. The maximum absolute atomic E-state index is 12.1. The molecule has 2 rings (SSSR count). The summed E-state index contributed by atoms with van der Waals surface area (Å²) >= 11 is 7.06. The van der Waals surface area contributed by atoms with Crippen LogP contribution in [0.1, 0.15) is 25.3 Å². The molecule has 136 valence electrons. The highest BCUT2D eigenvalue weighted by molar-refractivity contribution is 7.89. The molecule has 25 heavy (non-hydrogen) atoms. The van der Waals surface area contributed by atoms with Crippen molar-refractivity contribution in [2.75, 3.05) is 11.9 Å². The van der Waals surface area contributed by atoms with Gasteiger partial charge in [-0.25, -0.2) is 13.1 Å². The second kappa shape index (κ2) is 8.70. The number of benzene rings is 1. The number of rotatable bonds is 8. The molecule has 1 amide bonds. The van der Waals surface area contributed by atoms with Gasteiger partial charge in [0.2, 0.25) is 21.1 Å². The van der Waals surface area contributed by atoms with Crippen molar-refractivity contribution < 1.29 is 13.2 Å². The number of carbonyl (C=O) groups is 1. The summed E-state index contributed by atoms with van der Waals surface area (Å²) in [5.41, 5.74) is 0. The minimum Gasteiger partial charge on any atom is -0.300 e. The van der Waals surface area contributed by atoms with E-state index in [0.717, 1.165) is 11.4 Å². The van der Waals surface area contributed by atoms with Gasteiger partial charge in [-0.15, -0.1) is 10.2 Å². The number of carbonyl (C=O) groups excluding carboxylic acids is 1. The molecule has 0 aliphatic heterocycles. The maximum atomic E-state index is 12.1. The van der Waals surface area contributed by atoms with Crippen LogP contribution in [0.4, 0.5) is 5.13 Å². The molecule has 0 atom stereocenters. The molecular formula is C15H19ClN4O3S2. The molecule has 1 aromatic heterocycles. The minimum atomic E-state index is -3.67. The molecule has 0 radical (unpaired) electrons. The van der Waals surface area contributed by atoms with Gasteiger partial charge in [-0.2, -0.15) is 0 Å². The number of halogens is 1. The number of nitrogens with zero attached hydrogens (tertiary/aromatic N) is 2. The van der Waals surface area contributed by atoms with Gasteiger partial charge in [-0.3, -0.25) is 4.79 Å². The number of anilines is 1. The van der Waals surface area contributed by atoms with Gasteiger partial charge in [-0.05, 0) is 30.2 Å². The van der Waals surface area contributed by atoms with Crippen molar-refractivity contribution in [1.29, 1.82) is 0 Å². The van der Waals surface area contributed by atoms with Crippen LogP contribution in [0.25, 0.3) is 0 Å². The average molecular weight is 403 g/mol. The van der Waals surface area contributed by atoms with E-state index in [1.54, 1.807) is 0 Å². The van der Waals surface area contributed by atoms with E-state index < -0.39 is 10.0 Å². The third kappa shape index (κ3) is 6.35. The zero-order chi connectivity index (χ0) is 18.4. The number of aromatic nitrogens is 2. The lowest BCUT2D eigenvalue weighted by molar-refractivity contribution is -0.116. The molecule has 0 unspecified atom stereocenters. The van der Waals surface area contributed by atoms with Gasteiger partial charge >= 0.3 is 0 Å². The molecular weight excluding hydrogens is 384 g/mol. The predicted molar refractivity (Wildman–Crippen MR) is 98.3 cm³/mol. The van der Waals surface area contributed by atoms with Crippen molar-refractivity contribution in [2.45, 2.75) is 31.6 Å². The number of hydrogen-bond donors (Lipinski definition) is 2. The Morgan fingerprint density at radius 1 is 1.24 bits per heavy atom. The summed E-state index contributed by atoms with van der Waals surface area (Å²) in [6, 6.07) is 5.80. The summed E-state index contributed by atoms with van der Waals surface area (Å²) < 4.78 is 26.5. The maximum Gasteiger partial charge on any atom is 0.240 e. The van der Waals surface area contributed by atoms with Crippen LogP contribution >= 0.6 is 22.9 Å². The summed E-state index contributed by atoms with van der Waals surface area (Å²) in [7, 11) is -3.67. The molecule has 0 saturated heterocycles. The smallest absolute Gasteiger partial charge is 0.240 e. The van der Waals surface area contributed by atoms with E-state index in [-0.39, 0.29) is 23.8 Å². The third-order valence-electron chi connectivity index (χ3n) is 3.06. The molecule has 10 heteroatoms. The normalized spacial score (nSPS) is 11.7. The highest BCUT2D eigenvalue weighted by Gasteiger charge is 2.15. The number of nitrogens with one attached hydrogen (secondary N) is 2. The number of sulfonamides is 1. The zero-order valence-corrected chi connectivity index (χ0v) is 16.2. The molecule has 0 fully saturated rings. The van der Waals surface area contributed by atoms with E-state index in [1.165, 1.54) is 35.6 Å². The van der Waals surface area contributed by atoms with E-state index in [2.05, 4.69) is 34.1 Å². The molecule has 0 spiro atoms. The summed E-state index contributed by atoms with van der Waals surface area (Å²) in [5.74, 6) is 0.129. The van der Waals surface area contributed by atoms with Crippen LogP contribution in [-0.4, -0.2) is 31.1 Å².